The minimum Gasteiger partial charge on any atom is -0.375 e. The number of rotatable bonds is 6. The first-order valence-corrected chi connectivity index (χ1v) is 9.15. The molecule has 0 aliphatic carbocycles. The predicted octanol–water partition coefficient (Wildman–Crippen LogP) is 3.49. The zero-order valence-electron chi connectivity index (χ0n) is 14.2. The summed E-state index contributed by atoms with van der Waals surface area (Å²) in [5, 5.41) is 0.678. The molecule has 0 spiro atoms. The molecule has 0 radical (unpaired) electrons. The zero-order chi connectivity index (χ0) is 16.1. The lowest BCUT2D eigenvalue weighted by molar-refractivity contribution is 0.148. The number of aromatic nitrogens is 1. The molecule has 4 nitrogen and oxygen atoms in total. The maximum absolute atomic E-state index is 5.71. The average Bonchev–Trinajstić information content (AvgIpc) is 2.95. The maximum Gasteiger partial charge on any atom is 0.180 e. The van der Waals surface area contributed by atoms with Crippen LogP contribution in [0, 0.1) is 5.92 Å². The molecule has 0 atom stereocenters. The number of halogens is 1. The van der Waals surface area contributed by atoms with Crippen LogP contribution in [0.2, 0.25) is 0 Å². The van der Waals surface area contributed by atoms with Crippen molar-refractivity contribution >= 4 is 28.9 Å². The van der Waals surface area contributed by atoms with Crippen molar-refractivity contribution in [3.63, 3.8) is 0 Å². The van der Waals surface area contributed by atoms with Crippen LogP contribution >= 0.6 is 23.7 Å². The summed E-state index contributed by atoms with van der Waals surface area (Å²) in [6.45, 7) is 5.60. The third-order valence-corrected chi connectivity index (χ3v) is 5.33. The van der Waals surface area contributed by atoms with E-state index in [1.165, 1.54) is 42.9 Å². The molecule has 1 aliphatic heterocycles. The molecule has 2 aromatic rings. The highest BCUT2D eigenvalue weighted by Gasteiger charge is 2.21. The van der Waals surface area contributed by atoms with Crippen LogP contribution in [-0.4, -0.2) is 41.5 Å². The number of benzene rings is 1. The minimum absolute atomic E-state index is 0. The Labute approximate surface area is 155 Å². The fourth-order valence-electron chi connectivity index (χ4n) is 3.34. The first-order valence-electron chi connectivity index (χ1n) is 8.34. The smallest absolute Gasteiger partial charge is 0.180 e. The van der Waals surface area contributed by atoms with Gasteiger partial charge in [0.15, 0.2) is 5.13 Å². The molecule has 0 bridgehead atoms. The quantitative estimate of drug-likeness (QED) is 0.849. The summed E-state index contributed by atoms with van der Waals surface area (Å²) in [4.78, 5) is 10.4. The summed E-state index contributed by atoms with van der Waals surface area (Å²) in [6.07, 6.45) is 4.49. The van der Waals surface area contributed by atoms with Crippen molar-refractivity contribution in [1.82, 2.24) is 14.8 Å². The SMILES string of the molecule is CN(Cc1ccccc1)CC1CCN(Cc2cnc(N)s2)CC1.Cl. The fourth-order valence-corrected chi connectivity index (χ4v) is 4.07. The van der Waals surface area contributed by atoms with Crippen molar-refractivity contribution in [2.75, 3.05) is 32.4 Å². The predicted molar refractivity (Wildman–Crippen MR) is 105 cm³/mol. The van der Waals surface area contributed by atoms with Gasteiger partial charge in [-0.3, -0.25) is 4.90 Å². The normalized spacial score (nSPS) is 16.2. The van der Waals surface area contributed by atoms with Gasteiger partial charge in [0.25, 0.3) is 0 Å². The van der Waals surface area contributed by atoms with E-state index < -0.39 is 0 Å². The van der Waals surface area contributed by atoms with Gasteiger partial charge in [0.2, 0.25) is 0 Å². The Balaban J connectivity index is 0.00000208. The number of nitrogens with zero attached hydrogens (tertiary/aromatic N) is 3. The Bertz CT molecular complexity index is 596. The van der Waals surface area contributed by atoms with E-state index in [1.807, 2.05) is 6.20 Å². The second-order valence-corrected chi connectivity index (χ2v) is 7.71. The summed E-state index contributed by atoms with van der Waals surface area (Å²) < 4.78 is 0. The molecular weight excluding hydrogens is 340 g/mol. The fraction of sp³-hybridized carbons (Fsp3) is 0.500. The van der Waals surface area contributed by atoms with Crippen molar-refractivity contribution in [1.29, 1.82) is 0 Å². The lowest BCUT2D eigenvalue weighted by atomic mass is 9.96. The third-order valence-electron chi connectivity index (χ3n) is 4.52. The van der Waals surface area contributed by atoms with Crippen LogP contribution in [0.3, 0.4) is 0 Å². The number of nitrogen functional groups attached to an aromatic ring is 1. The van der Waals surface area contributed by atoms with Crippen molar-refractivity contribution < 1.29 is 0 Å². The van der Waals surface area contributed by atoms with E-state index in [9.17, 15) is 0 Å². The van der Waals surface area contributed by atoms with Crippen molar-refractivity contribution in [2.24, 2.45) is 5.92 Å². The van der Waals surface area contributed by atoms with Gasteiger partial charge in [0.05, 0.1) is 0 Å². The summed E-state index contributed by atoms with van der Waals surface area (Å²) >= 11 is 1.61. The van der Waals surface area contributed by atoms with Crippen LogP contribution in [-0.2, 0) is 13.1 Å². The van der Waals surface area contributed by atoms with E-state index in [1.54, 1.807) is 11.3 Å². The number of anilines is 1. The van der Waals surface area contributed by atoms with Gasteiger partial charge in [-0.2, -0.15) is 0 Å². The number of piperidine rings is 1. The molecule has 2 heterocycles. The highest BCUT2D eigenvalue weighted by Crippen LogP contribution is 2.22. The molecule has 0 unspecified atom stereocenters. The van der Waals surface area contributed by atoms with Gasteiger partial charge in [0, 0.05) is 30.7 Å². The molecule has 1 fully saturated rings. The van der Waals surface area contributed by atoms with Crippen LogP contribution < -0.4 is 5.73 Å². The summed E-state index contributed by atoms with van der Waals surface area (Å²) in [5.74, 6) is 0.812. The molecule has 0 amide bonds. The van der Waals surface area contributed by atoms with Crippen molar-refractivity contribution in [3.8, 4) is 0 Å². The van der Waals surface area contributed by atoms with E-state index in [2.05, 4.69) is 52.2 Å². The monoisotopic (exact) mass is 366 g/mol. The van der Waals surface area contributed by atoms with E-state index in [0.717, 1.165) is 19.0 Å². The molecule has 1 aliphatic rings. The molecule has 2 N–H and O–H groups in total. The Kier molecular flexibility index (Phi) is 7.49. The molecule has 0 saturated carbocycles. The molecule has 1 saturated heterocycles. The van der Waals surface area contributed by atoms with E-state index >= 15 is 0 Å². The standard InChI is InChI=1S/C18H26N4S.ClH/c1-21(12-15-5-3-2-4-6-15)13-16-7-9-22(10-8-16)14-17-11-20-18(19)23-17;/h2-6,11,16H,7-10,12-14H2,1H3,(H2,19,20);1H. The van der Waals surface area contributed by atoms with E-state index in [0.29, 0.717) is 5.13 Å². The lowest BCUT2D eigenvalue weighted by Crippen LogP contribution is -2.37. The molecule has 132 valence electrons. The first-order chi connectivity index (χ1) is 11.2. The number of hydrogen-bond donors (Lipinski definition) is 1. The van der Waals surface area contributed by atoms with Gasteiger partial charge >= 0.3 is 0 Å². The average molecular weight is 367 g/mol. The van der Waals surface area contributed by atoms with Crippen LogP contribution in [0.25, 0.3) is 0 Å². The van der Waals surface area contributed by atoms with Crippen molar-refractivity contribution in [2.45, 2.75) is 25.9 Å². The van der Waals surface area contributed by atoms with Gasteiger partial charge in [-0.25, -0.2) is 4.98 Å². The largest absolute Gasteiger partial charge is 0.375 e. The highest BCUT2D eigenvalue weighted by atomic mass is 35.5. The Morgan fingerprint density at radius 2 is 1.96 bits per heavy atom. The van der Waals surface area contributed by atoms with Crippen molar-refractivity contribution in [3.05, 3.63) is 47.0 Å². The van der Waals surface area contributed by atoms with Gasteiger partial charge in [-0.1, -0.05) is 30.3 Å². The molecule has 3 rings (SSSR count). The first kappa shape index (κ1) is 19.2. The topological polar surface area (TPSA) is 45.4 Å². The van der Waals surface area contributed by atoms with Crippen LogP contribution in [0.15, 0.2) is 36.5 Å². The maximum atomic E-state index is 5.71. The van der Waals surface area contributed by atoms with Gasteiger partial charge < -0.3 is 10.6 Å². The number of likely N-dealkylation sites (tertiary alicyclic amines) is 1. The summed E-state index contributed by atoms with van der Waals surface area (Å²) in [5.41, 5.74) is 7.11. The molecule has 1 aromatic heterocycles. The lowest BCUT2D eigenvalue weighted by Gasteiger charge is -2.33. The zero-order valence-corrected chi connectivity index (χ0v) is 15.9. The number of thiazole rings is 1. The Hall–Kier alpha value is -1.14. The van der Waals surface area contributed by atoms with E-state index in [4.69, 9.17) is 5.73 Å². The van der Waals surface area contributed by atoms with Crippen LogP contribution in [0.5, 0.6) is 0 Å². The minimum atomic E-state index is 0. The van der Waals surface area contributed by atoms with Gasteiger partial charge in [-0.05, 0) is 44.5 Å². The number of nitrogens with two attached hydrogens (primary N) is 1. The van der Waals surface area contributed by atoms with Crippen LogP contribution in [0.4, 0.5) is 5.13 Å². The molecular formula is C18H27ClN4S. The molecule has 6 heteroatoms. The summed E-state index contributed by atoms with van der Waals surface area (Å²) in [7, 11) is 2.24. The highest BCUT2D eigenvalue weighted by molar-refractivity contribution is 7.15. The van der Waals surface area contributed by atoms with E-state index in [-0.39, 0.29) is 12.4 Å². The Morgan fingerprint density at radius 3 is 2.58 bits per heavy atom. The molecule has 1 aromatic carbocycles. The third kappa shape index (κ3) is 5.74. The number of hydrogen-bond acceptors (Lipinski definition) is 5. The van der Waals surface area contributed by atoms with Gasteiger partial charge in [0.1, 0.15) is 0 Å². The second kappa shape index (κ2) is 9.37. The van der Waals surface area contributed by atoms with Gasteiger partial charge in [-0.15, -0.1) is 23.7 Å². The Morgan fingerprint density at radius 1 is 1.25 bits per heavy atom. The van der Waals surface area contributed by atoms with Crippen LogP contribution in [0.1, 0.15) is 23.3 Å². The summed E-state index contributed by atoms with van der Waals surface area (Å²) in [6, 6.07) is 10.7. The second-order valence-electron chi connectivity index (χ2n) is 6.57. The molecule has 24 heavy (non-hydrogen) atoms.